The molecular formula is C11H14BrN5. The monoisotopic (exact) mass is 295 g/mol. The third-order valence-electron chi connectivity index (χ3n) is 3.04. The summed E-state index contributed by atoms with van der Waals surface area (Å²) in [5.74, 6) is 0.770. The Kier molecular flexibility index (Phi) is 2.76. The lowest BCUT2D eigenvalue weighted by atomic mass is 10.1. The zero-order chi connectivity index (χ0) is 11.8. The molecule has 1 saturated heterocycles. The molecule has 0 aromatic carbocycles. The summed E-state index contributed by atoms with van der Waals surface area (Å²) >= 11 is 3.48. The summed E-state index contributed by atoms with van der Waals surface area (Å²) in [5.41, 5.74) is 6.82. The third kappa shape index (κ3) is 2.02. The summed E-state index contributed by atoms with van der Waals surface area (Å²) in [6, 6.07) is 4.14. The summed E-state index contributed by atoms with van der Waals surface area (Å²) in [5, 5.41) is 4.48. The Morgan fingerprint density at radius 3 is 3.12 bits per heavy atom. The van der Waals surface area contributed by atoms with Gasteiger partial charge in [-0.15, -0.1) is 5.10 Å². The zero-order valence-electron chi connectivity index (χ0n) is 9.38. The number of nitrogens with two attached hydrogens (primary N) is 1. The van der Waals surface area contributed by atoms with Gasteiger partial charge in [0.2, 0.25) is 5.95 Å². The fourth-order valence-corrected chi connectivity index (χ4v) is 2.61. The summed E-state index contributed by atoms with van der Waals surface area (Å²) in [6.45, 7) is 1.83. The van der Waals surface area contributed by atoms with Crippen molar-refractivity contribution < 1.29 is 0 Å². The van der Waals surface area contributed by atoms with E-state index in [1.165, 1.54) is 0 Å². The Morgan fingerprint density at radius 2 is 2.35 bits per heavy atom. The van der Waals surface area contributed by atoms with E-state index in [-0.39, 0.29) is 6.04 Å². The van der Waals surface area contributed by atoms with Gasteiger partial charge in [0.15, 0.2) is 5.65 Å². The molecule has 1 aliphatic heterocycles. The van der Waals surface area contributed by atoms with Gasteiger partial charge in [-0.2, -0.15) is 4.98 Å². The lowest BCUT2D eigenvalue weighted by molar-refractivity contribution is 0.500. The Hall–Kier alpha value is -1.14. The van der Waals surface area contributed by atoms with Crippen LogP contribution in [0.25, 0.3) is 5.65 Å². The van der Waals surface area contributed by atoms with Crippen LogP contribution in [0, 0.1) is 0 Å². The maximum Gasteiger partial charge on any atom is 0.245 e. The van der Waals surface area contributed by atoms with Crippen molar-refractivity contribution in [1.29, 1.82) is 0 Å². The average molecular weight is 296 g/mol. The van der Waals surface area contributed by atoms with Gasteiger partial charge in [0.05, 0.1) is 4.47 Å². The van der Waals surface area contributed by atoms with E-state index in [1.807, 2.05) is 18.3 Å². The molecule has 2 aromatic rings. The van der Waals surface area contributed by atoms with Crippen LogP contribution in [0.4, 0.5) is 5.95 Å². The van der Waals surface area contributed by atoms with E-state index in [0.29, 0.717) is 0 Å². The molecule has 3 heterocycles. The molecule has 1 fully saturated rings. The molecule has 2 N–H and O–H groups in total. The second kappa shape index (κ2) is 4.27. The molecule has 1 atom stereocenters. The molecule has 3 rings (SSSR count). The predicted molar refractivity (Wildman–Crippen MR) is 70.1 cm³/mol. The van der Waals surface area contributed by atoms with E-state index < -0.39 is 0 Å². The quantitative estimate of drug-likeness (QED) is 0.864. The standard InChI is InChI=1S/C11H14BrN5/c12-9-4-2-6-17-10(9)14-11(15-17)16-5-1-3-8(13)7-16/h2,4,6,8H,1,3,5,7,13H2. The van der Waals surface area contributed by atoms with Crippen LogP contribution in [0.5, 0.6) is 0 Å². The van der Waals surface area contributed by atoms with Crippen LogP contribution in [-0.2, 0) is 0 Å². The number of nitrogens with zero attached hydrogens (tertiary/aromatic N) is 4. The molecule has 1 aliphatic rings. The third-order valence-corrected chi connectivity index (χ3v) is 3.66. The van der Waals surface area contributed by atoms with Crippen molar-refractivity contribution in [3.8, 4) is 0 Å². The smallest absolute Gasteiger partial charge is 0.245 e. The van der Waals surface area contributed by atoms with E-state index >= 15 is 0 Å². The second-order valence-corrected chi connectivity index (χ2v) is 5.24. The van der Waals surface area contributed by atoms with Gasteiger partial charge in [0.25, 0.3) is 0 Å². The van der Waals surface area contributed by atoms with Gasteiger partial charge in [-0.1, -0.05) is 0 Å². The number of piperidine rings is 1. The number of hydrogen-bond acceptors (Lipinski definition) is 4. The highest BCUT2D eigenvalue weighted by atomic mass is 79.9. The normalized spacial score (nSPS) is 21.1. The minimum absolute atomic E-state index is 0.235. The van der Waals surface area contributed by atoms with Crippen LogP contribution < -0.4 is 10.6 Å². The molecular weight excluding hydrogens is 282 g/mol. The van der Waals surface area contributed by atoms with Crippen molar-refractivity contribution in [2.45, 2.75) is 18.9 Å². The Labute approximate surface area is 108 Å². The number of aromatic nitrogens is 3. The molecule has 0 saturated carbocycles. The first kappa shape index (κ1) is 11.0. The summed E-state index contributed by atoms with van der Waals surface area (Å²) in [6.07, 6.45) is 4.10. The summed E-state index contributed by atoms with van der Waals surface area (Å²) in [7, 11) is 0. The van der Waals surface area contributed by atoms with E-state index in [1.54, 1.807) is 4.52 Å². The van der Waals surface area contributed by atoms with E-state index in [2.05, 4.69) is 30.9 Å². The van der Waals surface area contributed by atoms with Crippen LogP contribution in [-0.4, -0.2) is 33.7 Å². The Balaban J connectivity index is 1.97. The maximum absolute atomic E-state index is 5.97. The number of anilines is 1. The fourth-order valence-electron chi connectivity index (χ4n) is 2.19. The second-order valence-electron chi connectivity index (χ2n) is 4.38. The van der Waals surface area contributed by atoms with E-state index in [0.717, 1.165) is 42.0 Å². The highest BCUT2D eigenvalue weighted by Crippen LogP contribution is 2.20. The molecule has 6 heteroatoms. The first-order valence-corrected chi connectivity index (χ1v) is 6.55. The topological polar surface area (TPSA) is 59.5 Å². The number of halogens is 1. The van der Waals surface area contributed by atoms with Crippen LogP contribution in [0.1, 0.15) is 12.8 Å². The van der Waals surface area contributed by atoms with Crippen molar-refractivity contribution in [3.05, 3.63) is 22.8 Å². The van der Waals surface area contributed by atoms with Gasteiger partial charge in [-0.3, -0.25) is 0 Å². The largest absolute Gasteiger partial charge is 0.338 e. The van der Waals surface area contributed by atoms with Crippen molar-refractivity contribution >= 4 is 27.5 Å². The Morgan fingerprint density at radius 1 is 1.47 bits per heavy atom. The Bertz CT molecular complexity index is 538. The van der Waals surface area contributed by atoms with Crippen molar-refractivity contribution in [1.82, 2.24) is 14.6 Å². The van der Waals surface area contributed by atoms with Gasteiger partial charge >= 0.3 is 0 Å². The molecule has 5 nitrogen and oxygen atoms in total. The lowest BCUT2D eigenvalue weighted by Gasteiger charge is -2.29. The van der Waals surface area contributed by atoms with Gasteiger partial charge in [0.1, 0.15) is 0 Å². The van der Waals surface area contributed by atoms with Crippen LogP contribution in [0.15, 0.2) is 22.8 Å². The van der Waals surface area contributed by atoms with Crippen molar-refractivity contribution in [2.75, 3.05) is 18.0 Å². The van der Waals surface area contributed by atoms with Crippen LogP contribution in [0.2, 0.25) is 0 Å². The van der Waals surface area contributed by atoms with E-state index in [4.69, 9.17) is 5.73 Å². The van der Waals surface area contributed by atoms with Gasteiger partial charge in [-0.25, -0.2) is 4.52 Å². The molecule has 17 heavy (non-hydrogen) atoms. The van der Waals surface area contributed by atoms with Gasteiger partial charge in [-0.05, 0) is 40.9 Å². The number of hydrogen-bond donors (Lipinski definition) is 1. The van der Waals surface area contributed by atoms with Crippen molar-refractivity contribution in [3.63, 3.8) is 0 Å². The first-order chi connectivity index (χ1) is 8.24. The maximum atomic E-state index is 5.97. The molecule has 0 spiro atoms. The number of rotatable bonds is 1. The molecule has 90 valence electrons. The number of pyridine rings is 1. The van der Waals surface area contributed by atoms with Crippen LogP contribution >= 0.6 is 15.9 Å². The average Bonchev–Trinajstić information content (AvgIpc) is 2.74. The highest BCUT2D eigenvalue weighted by molar-refractivity contribution is 9.10. The van der Waals surface area contributed by atoms with Crippen LogP contribution in [0.3, 0.4) is 0 Å². The fraction of sp³-hybridized carbons (Fsp3) is 0.455. The SMILES string of the molecule is NC1CCCN(c2nc3c(Br)cccn3n2)C1. The summed E-state index contributed by atoms with van der Waals surface area (Å²) < 4.78 is 2.75. The minimum atomic E-state index is 0.235. The summed E-state index contributed by atoms with van der Waals surface area (Å²) in [4.78, 5) is 6.71. The molecule has 2 aromatic heterocycles. The number of fused-ring (bicyclic) bond motifs is 1. The van der Waals surface area contributed by atoms with Gasteiger partial charge in [0, 0.05) is 25.3 Å². The molecule has 1 unspecified atom stereocenters. The van der Waals surface area contributed by atoms with Gasteiger partial charge < -0.3 is 10.6 Å². The van der Waals surface area contributed by atoms with Crippen molar-refractivity contribution in [2.24, 2.45) is 5.73 Å². The highest BCUT2D eigenvalue weighted by Gasteiger charge is 2.20. The first-order valence-electron chi connectivity index (χ1n) is 5.75. The predicted octanol–water partition coefficient (Wildman–Crippen LogP) is 1.42. The molecule has 0 bridgehead atoms. The molecule has 0 aliphatic carbocycles. The zero-order valence-corrected chi connectivity index (χ0v) is 11.0. The molecule has 0 amide bonds. The minimum Gasteiger partial charge on any atom is -0.338 e. The lowest BCUT2D eigenvalue weighted by Crippen LogP contribution is -2.43. The molecule has 0 radical (unpaired) electrons. The van der Waals surface area contributed by atoms with E-state index in [9.17, 15) is 0 Å².